The molecule has 9 heteroatoms. The lowest BCUT2D eigenvalue weighted by Gasteiger charge is -2.37. The number of ether oxygens (including phenoxy) is 2. The van der Waals surface area contributed by atoms with Crippen molar-refractivity contribution in [1.82, 2.24) is 9.21 Å². The Hall–Kier alpha value is -3.06. The van der Waals surface area contributed by atoms with Gasteiger partial charge in [0.1, 0.15) is 22.5 Å². The van der Waals surface area contributed by atoms with Crippen molar-refractivity contribution in [2.45, 2.75) is 37.8 Å². The van der Waals surface area contributed by atoms with E-state index in [1.807, 2.05) is 31.2 Å². The first-order valence-corrected chi connectivity index (χ1v) is 12.8. The van der Waals surface area contributed by atoms with Gasteiger partial charge in [-0.05, 0) is 49.4 Å². The van der Waals surface area contributed by atoms with Crippen LogP contribution in [0.1, 0.15) is 31.9 Å². The Balaban J connectivity index is 2.05. The molecule has 1 heterocycles. The van der Waals surface area contributed by atoms with Crippen molar-refractivity contribution in [3.05, 3.63) is 53.6 Å². The highest BCUT2D eigenvalue weighted by atomic mass is 32.2. The van der Waals surface area contributed by atoms with Crippen molar-refractivity contribution in [3.8, 4) is 23.3 Å². The van der Waals surface area contributed by atoms with E-state index < -0.39 is 22.2 Å². The van der Waals surface area contributed by atoms with Crippen LogP contribution in [0.25, 0.3) is 0 Å². The van der Waals surface area contributed by atoms with Gasteiger partial charge in [0.2, 0.25) is 15.9 Å². The van der Waals surface area contributed by atoms with Crippen LogP contribution in [-0.4, -0.2) is 74.6 Å². The number of fused-ring (bicyclic) bond motifs is 1. The van der Waals surface area contributed by atoms with Crippen molar-refractivity contribution in [1.29, 1.82) is 0 Å². The molecule has 2 aromatic carbocycles. The molecule has 0 unspecified atom stereocenters. The van der Waals surface area contributed by atoms with E-state index in [1.165, 1.54) is 17.3 Å². The predicted molar refractivity (Wildman–Crippen MR) is 133 cm³/mol. The lowest BCUT2D eigenvalue weighted by atomic mass is 10.0. The molecular weight excluding hydrogens is 468 g/mol. The summed E-state index contributed by atoms with van der Waals surface area (Å²) in [5, 5.41) is 9.74. The van der Waals surface area contributed by atoms with Gasteiger partial charge in [-0.25, -0.2) is 8.42 Å². The Bertz CT molecular complexity index is 1220. The Morgan fingerprint density at radius 2 is 1.86 bits per heavy atom. The molecule has 3 rings (SSSR count). The summed E-state index contributed by atoms with van der Waals surface area (Å²) in [5.41, 5.74) is 1.37. The van der Waals surface area contributed by atoms with Crippen LogP contribution in [0, 0.1) is 17.8 Å². The van der Waals surface area contributed by atoms with Crippen LogP contribution in [0.3, 0.4) is 0 Å². The van der Waals surface area contributed by atoms with Crippen LogP contribution in [-0.2, 0) is 14.8 Å². The quantitative estimate of drug-likeness (QED) is 0.633. The molecule has 0 bridgehead atoms. The fraction of sp³-hybridized carbons (Fsp3) is 0.423. The second-order valence-corrected chi connectivity index (χ2v) is 10.6. The lowest BCUT2D eigenvalue weighted by Crippen LogP contribution is -2.50. The molecular formula is C26H32N2O6S. The highest BCUT2D eigenvalue weighted by Crippen LogP contribution is 2.34. The molecule has 0 radical (unpaired) electrons. The average Bonchev–Trinajstić information content (AvgIpc) is 2.84. The first kappa shape index (κ1) is 26.5. The van der Waals surface area contributed by atoms with Crippen molar-refractivity contribution in [2.24, 2.45) is 5.92 Å². The standard InChI is InChI=1S/C26H32N2O6S/c1-18-15-28(19(2)17-29)35(31,32)26-13-10-22(7-6-21-8-11-23(33-5)12-9-21)14-24(26)34-25(18)16-27(4)20(3)30/h8-14,18-19,25,29H,15-17H2,1-5H3/t18-,19+,25+/m0/s1. The number of aliphatic hydroxyl groups excluding tert-OH is 1. The van der Waals surface area contributed by atoms with Crippen LogP contribution < -0.4 is 9.47 Å². The smallest absolute Gasteiger partial charge is 0.247 e. The molecule has 1 aliphatic heterocycles. The van der Waals surface area contributed by atoms with E-state index in [1.54, 1.807) is 38.1 Å². The molecule has 0 saturated carbocycles. The molecule has 0 aliphatic carbocycles. The van der Waals surface area contributed by atoms with Gasteiger partial charge in [-0.15, -0.1) is 0 Å². The molecule has 1 N–H and O–H groups in total. The van der Waals surface area contributed by atoms with Gasteiger partial charge in [-0.1, -0.05) is 18.8 Å². The van der Waals surface area contributed by atoms with Crippen LogP contribution in [0.5, 0.6) is 11.5 Å². The van der Waals surface area contributed by atoms with Gasteiger partial charge in [0.25, 0.3) is 0 Å². The number of sulfonamides is 1. The number of amides is 1. The molecule has 3 atom stereocenters. The van der Waals surface area contributed by atoms with E-state index in [2.05, 4.69) is 11.8 Å². The normalized spacial score (nSPS) is 20.2. The number of rotatable bonds is 5. The highest BCUT2D eigenvalue weighted by Gasteiger charge is 2.38. The van der Waals surface area contributed by atoms with Gasteiger partial charge < -0.3 is 19.5 Å². The molecule has 0 fully saturated rings. The zero-order chi connectivity index (χ0) is 25.8. The molecule has 188 valence electrons. The summed E-state index contributed by atoms with van der Waals surface area (Å²) < 4.78 is 39.8. The summed E-state index contributed by atoms with van der Waals surface area (Å²) in [4.78, 5) is 13.4. The second-order valence-electron chi connectivity index (χ2n) is 8.78. The molecule has 8 nitrogen and oxygen atoms in total. The predicted octanol–water partition coefficient (Wildman–Crippen LogP) is 2.34. The summed E-state index contributed by atoms with van der Waals surface area (Å²) in [6, 6.07) is 11.4. The van der Waals surface area contributed by atoms with Gasteiger partial charge >= 0.3 is 0 Å². The summed E-state index contributed by atoms with van der Waals surface area (Å²) in [5.74, 6) is 6.66. The van der Waals surface area contributed by atoms with E-state index >= 15 is 0 Å². The topological polar surface area (TPSA) is 96.4 Å². The minimum Gasteiger partial charge on any atom is -0.497 e. The molecule has 0 saturated heterocycles. The number of hydrogen-bond donors (Lipinski definition) is 1. The summed E-state index contributed by atoms with van der Waals surface area (Å²) in [6.45, 7) is 5.14. The third-order valence-electron chi connectivity index (χ3n) is 6.10. The third-order valence-corrected chi connectivity index (χ3v) is 8.12. The third kappa shape index (κ3) is 6.14. The number of benzene rings is 2. The molecule has 1 amide bonds. The summed E-state index contributed by atoms with van der Waals surface area (Å²) in [7, 11) is -0.666. The number of carbonyl (C=O) groups is 1. The first-order chi connectivity index (χ1) is 16.6. The minimum absolute atomic E-state index is 0.00942. The largest absolute Gasteiger partial charge is 0.497 e. The van der Waals surface area contributed by atoms with Gasteiger partial charge in [-0.3, -0.25) is 4.79 Å². The van der Waals surface area contributed by atoms with Gasteiger partial charge in [0, 0.05) is 43.6 Å². The maximum atomic E-state index is 13.5. The van der Waals surface area contributed by atoms with Crippen molar-refractivity contribution in [2.75, 3.05) is 33.9 Å². The van der Waals surface area contributed by atoms with E-state index in [4.69, 9.17) is 9.47 Å². The summed E-state index contributed by atoms with van der Waals surface area (Å²) >= 11 is 0. The minimum atomic E-state index is -3.94. The van der Waals surface area contributed by atoms with E-state index in [0.717, 1.165) is 11.3 Å². The Morgan fingerprint density at radius 3 is 2.46 bits per heavy atom. The fourth-order valence-corrected chi connectivity index (χ4v) is 5.56. The maximum Gasteiger partial charge on any atom is 0.247 e. The number of nitrogens with zero attached hydrogens (tertiary/aromatic N) is 2. The number of aliphatic hydroxyl groups is 1. The van der Waals surface area contributed by atoms with Crippen LogP contribution in [0.4, 0.5) is 0 Å². The van der Waals surface area contributed by atoms with Crippen molar-refractivity contribution in [3.63, 3.8) is 0 Å². The van der Waals surface area contributed by atoms with Crippen molar-refractivity contribution >= 4 is 15.9 Å². The van der Waals surface area contributed by atoms with Gasteiger partial charge in [-0.2, -0.15) is 4.31 Å². The zero-order valence-corrected chi connectivity index (χ0v) is 21.5. The number of likely N-dealkylation sites (N-methyl/N-ethyl adjacent to an activating group) is 1. The molecule has 2 aromatic rings. The molecule has 1 aliphatic rings. The molecule has 0 spiro atoms. The van der Waals surface area contributed by atoms with Crippen LogP contribution in [0.2, 0.25) is 0 Å². The van der Waals surface area contributed by atoms with Crippen LogP contribution >= 0.6 is 0 Å². The number of methoxy groups -OCH3 is 1. The van der Waals surface area contributed by atoms with E-state index in [0.29, 0.717) is 12.1 Å². The fourth-order valence-electron chi connectivity index (χ4n) is 3.74. The van der Waals surface area contributed by atoms with Crippen molar-refractivity contribution < 1.29 is 27.8 Å². The van der Waals surface area contributed by atoms with Gasteiger partial charge in [0.05, 0.1) is 20.3 Å². The van der Waals surface area contributed by atoms with E-state index in [-0.39, 0.29) is 35.6 Å². The molecule has 0 aromatic heterocycles. The summed E-state index contributed by atoms with van der Waals surface area (Å²) in [6.07, 6.45) is -0.462. The van der Waals surface area contributed by atoms with Gasteiger partial charge in [0.15, 0.2) is 0 Å². The lowest BCUT2D eigenvalue weighted by molar-refractivity contribution is -0.129. The number of carbonyl (C=O) groups excluding carboxylic acids is 1. The molecule has 35 heavy (non-hydrogen) atoms. The Kier molecular flexibility index (Phi) is 8.43. The number of hydrogen-bond acceptors (Lipinski definition) is 6. The Morgan fingerprint density at radius 1 is 1.23 bits per heavy atom. The Labute approximate surface area is 207 Å². The highest BCUT2D eigenvalue weighted by molar-refractivity contribution is 7.89. The maximum absolute atomic E-state index is 13.5. The van der Waals surface area contributed by atoms with Crippen LogP contribution in [0.15, 0.2) is 47.4 Å². The first-order valence-electron chi connectivity index (χ1n) is 11.4. The second kappa shape index (κ2) is 11.1. The SMILES string of the molecule is COc1ccc(C#Cc2ccc3c(c2)O[C@H](CN(C)C(C)=O)[C@@H](C)CN([C@H](C)CO)S3(=O)=O)cc1. The monoisotopic (exact) mass is 500 g/mol. The average molecular weight is 501 g/mol. The van der Waals surface area contributed by atoms with E-state index in [9.17, 15) is 18.3 Å². The zero-order valence-electron chi connectivity index (χ0n) is 20.7.